The molecule has 104 valence electrons. The minimum Gasteiger partial charge on any atom is -0.495 e. The van der Waals surface area contributed by atoms with E-state index >= 15 is 0 Å². The fourth-order valence-corrected chi connectivity index (χ4v) is 1.96. The Morgan fingerprint density at radius 1 is 1.25 bits per heavy atom. The van der Waals surface area contributed by atoms with E-state index in [1.54, 1.807) is 18.2 Å². The Balaban J connectivity index is 2.12. The van der Waals surface area contributed by atoms with Gasteiger partial charge in [-0.1, -0.05) is 41.9 Å². The van der Waals surface area contributed by atoms with E-state index < -0.39 is 6.04 Å². The first kappa shape index (κ1) is 14.4. The highest BCUT2D eigenvalue weighted by Gasteiger charge is 2.16. The molecule has 2 aromatic rings. The lowest BCUT2D eigenvalue weighted by molar-refractivity contribution is -0.117. The van der Waals surface area contributed by atoms with Gasteiger partial charge in [-0.3, -0.25) is 4.79 Å². The van der Waals surface area contributed by atoms with Crippen LogP contribution < -0.4 is 15.8 Å². The van der Waals surface area contributed by atoms with Gasteiger partial charge in [-0.15, -0.1) is 0 Å². The number of hydrogen-bond acceptors (Lipinski definition) is 3. The van der Waals surface area contributed by atoms with Gasteiger partial charge in [0.25, 0.3) is 0 Å². The summed E-state index contributed by atoms with van der Waals surface area (Å²) in [5, 5.41) is 3.22. The Kier molecular flexibility index (Phi) is 4.61. The Bertz CT molecular complexity index is 602. The zero-order valence-electron chi connectivity index (χ0n) is 11.0. The van der Waals surface area contributed by atoms with Gasteiger partial charge in [0, 0.05) is 11.8 Å². The minimum absolute atomic E-state index is 0.291. The van der Waals surface area contributed by atoms with Crippen molar-refractivity contribution in [3.8, 4) is 5.75 Å². The van der Waals surface area contributed by atoms with Crippen LogP contribution in [0.3, 0.4) is 0 Å². The van der Waals surface area contributed by atoms with Crippen molar-refractivity contribution in [1.29, 1.82) is 0 Å². The van der Waals surface area contributed by atoms with Crippen LogP contribution in [0, 0.1) is 0 Å². The largest absolute Gasteiger partial charge is 0.495 e. The van der Waals surface area contributed by atoms with Gasteiger partial charge in [-0.25, -0.2) is 0 Å². The summed E-state index contributed by atoms with van der Waals surface area (Å²) in [5.74, 6) is 0.207. The van der Waals surface area contributed by atoms with Gasteiger partial charge < -0.3 is 15.8 Å². The zero-order valence-corrected chi connectivity index (χ0v) is 11.7. The zero-order chi connectivity index (χ0) is 14.5. The number of rotatable bonds is 4. The lowest BCUT2D eigenvalue weighted by Crippen LogP contribution is -2.27. The molecule has 0 saturated heterocycles. The lowest BCUT2D eigenvalue weighted by Gasteiger charge is -2.13. The number of nitrogens with one attached hydrogen (secondary N) is 1. The molecule has 0 aliphatic carbocycles. The number of ether oxygens (including phenoxy) is 1. The molecule has 0 fully saturated rings. The predicted molar refractivity (Wildman–Crippen MR) is 80.0 cm³/mol. The van der Waals surface area contributed by atoms with Crippen molar-refractivity contribution >= 4 is 23.2 Å². The normalized spacial score (nSPS) is 11.8. The molecule has 0 aliphatic heterocycles. The molecule has 1 amide bonds. The maximum absolute atomic E-state index is 12.1. The number of hydrogen-bond donors (Lipinski definition) is 2. The van der Waals surface area contributed by atoms with Gasteiger partial charge in [0.05, 0.1) is 12.1 Å². The molecule has 3 N–H and O–H groups in total. The highest BCUT2D eigenvalue weighted by molar-refractivity contribution is 6.32. The third-order valence-corrected chi connectivity index (χ3v) is 3.17. The average molecular weight is 291 g/mol. The summed E-state index contributed by atoms with van der Waals surface area (Å²) in [6.07, 6.45) is 0. The van der Waals surface area contributed by atoms with Crippen molar-refractivity contribution in [2.45, 2.75) is 6.04 Å². The standard InChI is InChI=1S/C15H15ClN2O2/c1-20-13-9-11(7-8-12(13)16)18-15(19)14(17)10-5-3-2-4-6-10/h2-9,14H,17H2,1H3,(H,18,19)/t14-/m0/s1. The monoisotopic (exact) mass is 290 g/mol. The number of amides is 1. The molecule has 2 aromatic carbocycles. The summed E-state index contributed by atoms with van der Waals surface area (Å²) in [6.45, 7) is 0. The molecule has 0 radical (unpaired) electrons. The van der Waals surface area contributed by atoms with Crippen LogP contribution in [-0.4, -0.2) is 13.0 Å². The molecule has 4 nitrogen and oxygen atoms in total. The van der Waals surface area contributed by atoms with Crippen molar-refractivity contribution in [2.24, 2.45) is 5.73 Å². The van der Waals surface area contributed by atoms with Crippen LogP contribution in [-0.2, 0) is 4.79 Å². The summed E-state index contributed by atoms with van der Waals surface area (Å²) in [5.41, 5.74) is 7.26. The summed E-state index contributed by atoms with van der Waals surface area (Å²) < 4.78 is 5.10. The smallest absolute Gasteiger partial charge is 0.245 e. The van der Waals surface area contributed by atoms with Crippen LogP contribution >= 0.6 is 11.6 Å². The van der Waals surface area contributed by atoms with Crippen LogP contribution in [0.25, 0.3) is 0 Å². The van der Waals surface area contributed by atoms with Gasteiger partial charge >= 0.3 is 0 Å². The van der Waals surface area contributed by atoms with Crippen molar-refractivity contribution in [1.82, 2.24) is 0 Å². The molecule has 0 spiro atoms. The van der Waals surface area contributed by atoms with Crippen LogP contribution in [0.15, 0.2) is 48.5 Å². The third kappa shape index (κ3) is 3.29. The molecule has 2 rings (SSSR count). The maximum atomic E-state index is 12.1. The van der Waals surface area contributed by atoms with Crippen LogP contribution in [0.1, 0.15) is 11.6 Å². The molecule has 5 heteroatoms. The molecule has 0 aromatic heterocycles. The van der Waals surface area contributed by atoms with Gasteiger partial charge in [0.1, 0.15) is 11.8 Å². The number of halogens is 1. The highest BCUT2D eigenvalue weighted by atomic mass is 35.5. The molecule has 20 heavy (non-hydrogen) atoms. The third-order valence-electron chi connectivity index (χ3n) is 2.86. The van der Waals surface area contributed by atoms with E-state index in [9.17, 15) is 4.79 Å². The van der Waals surface area contributed by atoms with E-state index in [1.807, 2.05) is 30.3 Å². The van der Waals surface area contributed by atoms with Crippen molar-refractivity contribution in [3.05, 3.63) is 59.1 Å². The number of carbonyl (C=O) groups excluding carboxylic acids is 1. The SMILES string of the molecule is COc1cc(NC(=O)[C@@H](N)c2ccccc2)ccc1Cl. The van der Waals surface area contributed by atoms with E-state index in [0.29, 0.717) is 16.5 Å². The molecular formula is C15H15ClN2O2. The van der Waals surface area contributed by atoms with E-state index in [0.717, 1.165) is 5.56 Å². The first-order valence-electron chi connectivity index (χ1n) is 6.06. The van der Waals surface area contributed by atoms with Crippen LogP contribution in [0.2, 0.25) is 5.02 Å². The van der Waals surface area contributed by atoms with Gasteiger partial charge in [0.15, 0.2) is 0 Å². The fourth-order valence-electron chi connectivity index (χ4n) is 1.77. The lowest BCUT2D eigenvalue weighted by atomic mass is 10.1. The van der Waals surface area contributed by atoms with Gasteiger partial charge in [-0.05, 0) is 17.7 Å². The van der Waals surface area contributed by atoms with E-state index in [-0.39, 0.29) is 5.91 Å². The summed E-state index contributed by atoms with van der Waals surface area (Å²) in [4.78, 5) is 12.1. The predicted octanol–water partition coefficient (Wildman–Crippen LogP) is 2.99. The van der Waals surface area contributed by atoms with E-state index in [2.05, 4.69) is 5.32 Å². The average Bonchev–Trinajstić information content (AvgIpc) is 2.49. The maximum Gasteiger partial charge on any atom is 0.245 e. The van der Waals surface area contributed by atoms with Gasteiger partial charge in [0.2, 0.25) is 5.91 Å². The van der Waals surface area contributed by atoms with Crippen molar-refractivity contribution < 1.29 is 9.53 Å². The molecule has 0 bridgehead atoms. The minimum atomic E-state index is -0.724. The van der Waals surface area contributed by atoms with Crippen LogP contribution in [0.5, 0.6) is 5.75 Å². The summed E-state index contributed by atoms with van der Waals surface area (Å²) in [6, 6.07) is 13.5. The van der Waals surface area contributed by atoms with E-state index in [1.165, 1.54) is 7.11 Å². The molecule has 0 heterocycles. The van der Waals surface area contributed by atoms with Crippen LogP contribution in [0.4, 0.5) is 5.69 Å². The second-order valence-electron chi connectivity index (χ2n) is 4.23. The number of carbonyl (C=O) groups is 1. The Morgan fingerprint density at radius 3 is 2.60 bits per heavy atom. The first-order valence-corrected chi connectivity index (χ1v) is 6.44. The molecule has 0 saturated carbocycles. The van der Waals surface area contributed by atoms with E-state index in [4.69, 9.17) is 22.1 Å². The summed E-state index contributed by atoms with van der Waals surface area (Å²) in [7, 11) is 1.52. The van der Waals surface area contributed by atoms with Crippen molar-refractivity contribution in [3.63, 3.8) is 0 Å². The second-order valence-corrected chi connectivity index (χ2v) is 4.63. The topological polar surface area (TPSA) is 64.3 Å². The highest BCUT2D eigenvalue weighted by Crippen LogP contribution is 2.27. The number of benzene rings is 2. The Morgan fingerprint density at radius 2 is 1.95 bits per heavy atom. The molecule has 0 unspecified atom stereocenters. The molecule has 1 atom stereocenters. The number of methoxy groups -OCH3 is 1. The Labute approximate surface area is 122 Å². The van der Waals surface area contributed by atoms with Crippen molar-refractivity contribution in [2.75, 3.05) is 12.4 Å². The first-order chi connectivity index (χ1) is 9.61. The quantitative estimate of drug-likeness (QED) is 0.910. The fraction of sp³-hybridized carbons (Fsp3) is 0.133. The number of anilines is 1. The summed E-state index contributed by atoms with van der Waals surface area (Å²) >= 11 is 5.93. The molecular weight excluding hydrogens is 276 g/mol. The second kappa shape index (κ2) is 6.41. The van der Waals surface area contributed by atoms with Gasteiger partial charge in [-0.2, -0.15) is 0 Å². The molecule has 0 aliphatic rings. The number of nitrogens with two attached hydrogens (primary N) is 1. The Hall–Kier alpha value is -2.04.